The molecular weight excluding hydrogens is 568 g/mol. The first-order valence-corrected chi connectivity index (χ1v) is 14.0. The average molecular weight is 596 g/mol. The number of phosphoric ester groups is 1. The number of hydrogen-bond acceptors (Lipinski definition) is 8. The van der Waals surface area contributed by atoms with Gasteiger partial charge in [0.15, 0.2) is 0 Å². The van der Waals surface area contributed by atoms with Crippen LogP contribution in [0.25, 0.3) is 11.1 Å². The van der Waals surface area contributed by atoms with Gasteiger partial charge in [-0.2, -0.15) is 18.2 Å². The molecule has 3 N–H and O–H groups in total. The first-order valence-electron chi connectivity index (χ1n) is 12.4. The van der Waals surface area contributed by atoms with Crippen LogP contribution in [0.15, 0.2) is 48.7 Å². The molecule has 220 valence electrons. The van der Waals surface area contributed by atoms with Crippen molar-refractivity contribution in [1.82, 2.24) is 9.97 Å². The Balaban J connectivity index is 1.63. The summed E-state index contributed by atoms with van der Waals surface area (Å²) in [5, 5.41) is 2.60. The number of rotatable bonds is 9. The number of nitrogens with one attached hydrogen (secondary N) is 1. The molecular formula is C26H28F3N4O7P. The Morgan fingerprint density at radius 1 is 1.22 bits per heavy atom. The number of halogens is 3. The van der Waals surface area contributed by atoms with Crippen molar-refractivity contribution in [3.63, 3.8) is 0 Å². The minimum Gasteiger partial charge on any atom is -0.475 e. The average Bonchev–Trinajstić information content (AvgIpc) is 2.91. The van der Waals surface area contributed by atoms with Crippen LogP contribution in [0.1, 0.15) is 28.5 Å². The third-order valence-electron chi connectivity index (χ3n) is 6.15. The van der Waals surface area contributed by atoms with E-state index in [1.807, 2.05) is 17.9 Å². The van der Waals surface area contributed by atoms with Gasteiger partial charge in [-0.05, 0) is 49.7 Å². The Labute approximate surface area is 233 Å². The molecule has 11 nitrogen and oxygen atoms in total. The van der Waals surface area contributed by atoms with Crippen molar-refractivity contribution in [1.29, 1.82) is 0 Å². The van der Waals surface area contributed by atoms with E-state index < -0.39 is 25.5 Å². The van der Waals surface area contributed by atoms with Crippen molar-refractivity contribution in [2.75, 3.05) is 43.2 Å². The summed E-state index contributed by atoms with van der Waals surface area (Å²) in [6.45, 7) is 4.68. The number of amides is 1. The molecule has 0 radical (unpaired) electrons. The first-order chi connectivity index (χ1) is 19.3. The number of aryl methyl sites for hydroxylation is 1. The summed E-state index contributed by atoms with van der Waals surface area (Å²) >= 11 is 0. The predicted octanol–water partition coefficient (Wildman–Crippen LogP) is 4.44. The zero-order valence-electron chi connectivity index (χ0n) is 22.1. The Hall–Kier alpha value is -3.55. The Morgan fingerprint density at radius 2 is 2.00 bits per heavy atom. The molecule has 0 bridgehead atoms. The fourth-order valence-corrected chi connectivity index (χ4v) is 4.48. The summed E-state index contributed by atoms with van der Waals surface area (Å²) in [7, 11) is -4.66. The van der Waals surface area contributed by atoms with Gasteiger partial charge in [-0.1, -0.05) is 6.07 Å². The van der Waals surface area contributed by atoms with Crippen LogP contribution >= 0.6 is 7.82 Å². The number of aromatic nitrogens is 2. The highest BCUT2D eigenvalue weighted by Gasteiger charge is 2.31. The third-order valence-corrected chi connectivity index (χ3v) is 6.67. The molecule has 1 amide bonds. The molecule has 0 unspecified atom stereocenters. The number of alkyl halides is 3. The van der Waals surface area contributed by atoms with E-state index in [0.717, 1.165) is 18.2 Å². The van der Waals surface area contributed by atoms with Crippen LogP contribution in [-0.2, 0) is 20.0 Å². The third kappa shape index (κ3) is 8.24. The quantitative estimate of drug-likeness (QED) is 0.240. The van der Waals surface area contributed by atoms with Crippen molar-refractivity contribution < 1.29 is 46.3 Å². The van der Waals surface area contributed by atoms with Gasteiger partial charge in [0.25, 0.3) is 5.91 Å². The van der Waals surface area contributed by atoms with Gasteiger partial charge >= 0.3 is 14.0 Å². The number of anilines is 2. The highest BCUT2D eigenvalue weighted by Crippen LogP contribution is 2.36. The lowest BCUT2D eigenvalue weighted by Gasteiger charge is -2.34. The predicted molar refractivity (Wildman–Crippen MR) is 143 cm³/mol. The maximum Gasteiger partial charge on any atom is 0.469 e. The zero-order valence-corrected chi connectivity index (χ0v) is 23.0. The molecule has 1 aliphatic heterocycles. The number of morpholine rings is 1. The molecule has 1 atom stereocenters. The number of benzene rings is 1. The summed E-state index contributed by atoms with van der Waals surface area (Å²) in [6.07, 6.45) is -3.19. The lowest BCUT2D eigenvalue weighted by atomic mass is 10.0. The molecule has 15 heteroatoms. The van der Waals surface area contributed by atoms with Crippen LogP contribution in [0, 0.1) is 6.92 Å². The van der Waals surface area contributed by atoms with Gasteiger partial charge in [0.1, 0.15) is 12.4 Å². The minimum absolute atomic E-state index is 0.00496. The second kappa shape index (κ2) is 12.5. The maximum atomic E-state index is 13.1. The second-order valence-electron chi connectivity index (χ2n) is 9.23. The van der Waals surface area contributed by atoms with Crippen molar-refractivity contribution in [2.24, 2.45) is 0 Å². The van der Waals surface area contributed by atoms with E-state index in [-0.39, 0.29) is 36.4 Å². The van der Waals surface area contributed by atoms with Crippen LogP contribution in [0.2, 0.25) is 0 Å². The SMILES string of the molecule is Cc1ncc(NC(=O)c2cccc(C(F)(F)F)c2)cc1-c1cc(OCCOP(=O)(O)O)nc(N2CCOC[C@H]2C)c1. The van der Waals surface area contributed by atoms with E-state index >= 15 is 0 Å². The number of carbonyl (C=O) groups excluding carboxylic acids is 1. The zero-order chi connectivity index (χ0) is 29.8. The number of nitrogens with zero attached hydrogens (tertiary/aromatic N) is 3. The van der Waals surface area contributed by atoms with E-state index in [1.165, 1.54) is 12.3 Å². The highest BCUT2D eigenvalue weighted by molar-refractivity contribution is 7.46. The van der Waals surface area contributed by atoms with Gasteiger partial charge in [0.2, 0.25) is 5.88 Å². The van der Waals surface area contributed by atoms with Crippen LogP contribution in [0.5, 0.6) is 5.88 Å². The fraction of sp³-hybridized carbons (Fsp3) is 0.346. The monoisotopic (exact) mass is 596 g/mol. The molecule has 1 aromatic carbocycles. The van der Waals surface area contributed by atoms with Gasteiger partial charge in [0, 0.05) is 29.4 Å². The molecule has 4 rings (SSSR count). The smallest absolute Gasteiger partial charge is 0.469 e. The molecule has 1 saturated heterocycles. The van der Waals surface area contributed by atoms with Gasteiger partial charge in [-0.3, -0.25) is 14.3 Å². The summed E-state index contributed by atoms with van der Waals surface area (Å²) in [4.78, 5) is 41.5. The molecule has 1 aliphatic rings. The van der Waals surface area contributed by atoms with Crippen LogP contribution in [0.4, 0.5) is 24.7 Å². The Morgan fingerprint density at radius 3 is 2.71 bits per heavy atom. The molecule has 3 aromatic rings. The van der Waals surface area contributed by atoms with Gasteiger partial charge < -0.3 is 29.5 Å². The molecule has 2 aromatic heterocycles. The summed E-state index contributed by atoms with van der Waals surface area (Å²) in [5.41, 5.74) is 0.942. The highest BCUT2D eigenvalue weighted by atomic mass is 31.2. The topological polar surface area (TPSA) is 143 Å². The Bertz CT molecular complexity index is 1450. The summed E-state index contributed by atoms with van der Waals surface area (Å²) in [6, 6.07) is 9.15. The van der Waals surface area contributed by atoms with Gasteiger partial charge in [-0.25, -0.2) is 4.57 Å². The molecule has 0 spiro atoms. The van der Waals surface area contributed by atoms with Crippen molar-refractivity contribution in [2.45, 2.75) is 26.1 Å². The molecule has 41 heavy (non-hydrogen) atoms. The largest absolute Gasteiger partial charge is 0.475 e. The summed E-state index contributed by atoms with van der Waals surface area (Å²) in [5.74, 6) is -0.0235. The number of hydrogen-bond donors (Lipinski definition) is 3. The second-order valence-corrected chi connectivity index (χ2v) is 10.5. The molecule has 0 aliphatic carbocycles. The minimum atomic E-state index is -4.66. The number of phosphoric acid groups is 1. The van der Waals surface area contributed by atoms with E-state index in [4.69, 9.17) is 19.3 Å². The van der Waals surface area contributed by atoms with Gasteiger partial charge in [-0.15, -0.1) is 0 Å². The van der Waals surface area contributed by atoms with E-state index in [0.29, 0.717) is 42.4 Å². The number of carbonyl (C=O) groups is 1. The first kappa shape index (κ1) is 30.4. The standard InChI is InChI=1S/C26H28F3N4O7P/c1-16-15-38-7-6-33(16)23-11-19(12-24(32-23)39-8-9-40-41(35,36)37)22-13-21(14-30-17(22)2)31-25(34)18-4-3-5-20(10-18)26(27,28)29/h3-5,10-14,16H,6-9,15H2,1-2H3,(H,31,34)(H2,35,36,37)/t16-/m1/s1. The molecule has 1 fully saturated rings. The summed E-state index contributed by atoms with van der Waals surface area (Å²) < 4.78 is 65.9. The normalized spacial score (nSPS) is 16.0. The van der Waals surface area contributed by atoms with E-state index in [2.05, 4.69) is 19.8 Å². The Kier molecular flexibility index (Phi) is 9.30. The fourth-order valence-electron chi connectivity index (χ4n) is 4.17. The molecule has 3 heterocycles. The van der Waals surface area contributed by atoms with Crippen LogP contribution < -0.4 is 15.0 Å². The van der Waals surface area contributed by atoms with Crippen LogP contribution in [-0.4, -0.2) is 64.7 Å². The van der Waals surface area contributed by atoms with E-state index in [1.54, 1.807) is 19.1 Å². The lowest BCUT2D eigenvalue weighted by Crippen LogP contribution is -2.44. The van der Waals surface area contributed by atoms with Crippen molar-refractivity contribution in [3.05, 3.63) is 65.5 Å². The van der Waals surface area contributed by atoms with Gasteiger partial charge in [0.05, 0.1) is 43.3 Å². The van der Waals surface area contributed by atoms with Crippen LogP contribution in [0.3, 0.4) is 0 Å². The maximum absolute atomic E-state index is 13.1. The molecule has 0 saturated carbocycles. The lowest BCUT2D eigenvalue weighted by molar-refractivity contribution is -0.137. The van der Waals surface area contributed by atoms with Crippen molar-refractivity contribution >= 4 is 25.2 Å². The number of ether oxygens (including phenoxy) is 2. The number of pyridine rings is 2. The van der Waals surface area contributed by atoms with Crippen molar-refractivity contribution in [3.8, 4) is 17.0 Å². The van der Waals surface area contributed by atoms with E-state index in [9.17, 15) is 22.5 Å².